The van der Waals surface area contributed by atoms with Crippen molar-refractivity contribution >= 4 is 5.91 Å². The van der Waals surface area contributed by atoms with Crippen molar-refractivity contribution in [3.05, 3.63) is 0 Å². The van der Waals surface area contributed by atoms with Crippen molar-refractivity contribution in [2.45, 2.75) is 26.2 Å². The quantitative estimate of drug-likeness (QED) is 0.636. The third-order valence-corrected chi connectivity index (χ3v) is 1.59. The van der Waals surface area contributed by atoms with Gasteiger partial charge in [0.05, 0.1) is 0 Å². The maximum absolute atomic E-state index is 11.1. The van der Waals surface area contributed by atoms with Gasteiger partial charge in [0.2, 0.25) is 5.91 Å². The van der Waals surface area contributed by atoms with Crippen LogP contribution in [0.5, 0.6) is 0 Å². The van der Waals surface area contributed by atoms with Crippen molar-refractivity contribution in [2.75, 3.05) is 20.1 Å². The van der Waals surface area contributed by atoms with Gasteiger partial charge >= 0.3 is 0 Å². The fraction of sp³-hybridized carbons (Fsp3) is 0.875. The van der Waals surface area contributed by atoms with E-state index >= 15 is 0 Å². The van der Waals surface area contributed by atoms with Gasteiger partial charge < -0.3 is 10.6 Å². The normalized spacial score (nSPS) is 9.73. The van der Waals surface area contributed by atoms with Crippen LogP contribution in [0.15, 0.2) is 0 Å². The molecule has 2 N–H and O–H groups in total. The Balaban J connectivity index is 3.46. The molecule has 0 bridgehead atoms. The molecule has 0 saturated heterocycles. The summed E-state index contributed by atoms with van der Waals surface area (Å²) in [5.74, 6) is 0.223. The third kappa shape index (κ3) is 4.79. The summed E-state index contributed by atoms with van der Waals surface area (Å²) in [6.07, 6.45) is 2.47. The zero-order valence-electron chi connectivity index (χ0n) is 7.47. The lowest BCUT2D eigenvalue weighted by molar-refractivity contribution is -0.129. The summed E-state index contributed by atoms with van der Waals surface area (Å²) in [5, 5.41) is 0. The molecule has 3 heteroatoms. The largest absolute Gasteiger partial charge is 0.346 e. The van der Waals surface area contributed by atoms with Gasteiger partial charge in [-0.3, -0.25) is 4.79 Å². The number of hydrogen-bond acceptors (Lipinski definition) is 2. The van der Waals surface area contributed by atoms with E-state index in [9.17, 15) is 4.79 Å². The molecule has 0 aliphatic heterocycles. The maximum Gasteiger partial charge on any atom is 0.222 e. The van der Waals surface area contributed by atoms with Gasteiger partial charge in [-0.15, -0.1) is 0 Å². The van der Waals surface area contributed by atoms with Crippen LogP contribution >= 0.6 is 0 Å². The highest BCUT2D eigenvalue weighted by Crippen LogP contribution is 1.94. The van der Waals surface area contributed by atoms with E-state index in [1.54, 1.807) is 4.90 Å². The summed E-state index contributed by atoms with van der Waals surface area (Å²) >= 11 is 0. The minimum Gasteiger partial charge on any atom is -0.346 e. The Bertz CT molecular complexity index is 115. The predicted octanol–water partition coefficient (Wildman–Crippen LogP) is 0.594. The average Bonchev–Trinajstić information content (AvgIpc) is 2.00. The lowest BCUT2D eigenvalue weighted by atomic mass is 10.3. The van der Waals surface area contributed by atoms with Gasteiger partial charge in [-0.25, -0.2) is 0 Å². The lowest BCUT2D eigenvalue weighted by Crippen LogP contribution is -2.28. The summed E-state index contributed by atoms with van der Waals surface area (Å²) in [6, 6.07) is 0. The Kier molecular flexibility index (Phi) is 5.84. The number of nitrogens with two attached hydrogens (primary N) is 1. The smallest absolute Gasteiger partial charge is 0.222 e. The molecule has 0 rings (SSSR count). The molecule has 0 fully saturated rings. The van der Waals surface area contributed by atoms with Gasteiger partial charge in [-0.05, 0) is 19.4 Å². The van der Waals surface area contributed by atoms with E-state index in [1.165, 1.54) is 0 Å². The van der Waals surface area contributed by atoms with Crippen LogP contribution in [0.3, 0.4) is 0 Å². The number of carbonyl (C=O) groups is 1. The molecule has 0 heterocycles. The van der Waals surface area contributed by atoms with Crippen LogP contribution in [0.1, 0.15) is 26.2 Å². The highest BCUT2D eigenvalue weighted by molar-refractivity contribution is 5.75. The first-order valence-electron chi connectivity index (χ1n) is 4.16. The van der Waals surface area contributed by atoms with Gasteiger partial charge in [-0.1, -0.05) is 6.92 Å². The van der Waals surface area contributed by atoms with Crippen molar-refractivity contribution in [3.8, 4) is 0 Å². The molecule has 0 aromatic carbocycles. The maximum atomic E-state index is 11.1. The average molecular weight is 158 g/mol. The topological polar surface area (TPSA) is 46.3 Å². The standard InChI is InChI=1S/C8H18N2O/c1-3-5-8(11)10(2)7-4-6-9/h3-7,9H2,1-2H3. The fourth-order valence-corrected chi connectivity index (χ4v) is 0.858. The van der Waals surface area contributed by atoms with Gasteiger partial charge in [0.15, 0.2) is 0 Å². The van der Waals surface area contributed by atoms with E-state index in [-0.39, 0.29) is 5.91 Å². The van der Waals surface area contributed by atoms with Crippen LogP contribution in [0, 0.1) is 0 Å². The van der Waals surface area contributed by atoms with Crippen molar-refractivity contribution < 1.29 is 4.79 Å². The molecule has 1 amide bonds. The van der Waals surface area contributed by atoms with E-state index in [4.69, 9.17) is 5.73 Å². The monoisotopic (exact) mass is 158 g/mol. The van der Waals surface area contributed by atoms with Gasteiger partial charge in [0, 0.05) is 20.0 Å². The molecule has 3 nitrogen and oxygen atoms in total. The molecular formula is C8H18N2O. The predicted molar refractivity (Wildman–Crippen MR) is 46.2 cm³/mol. The molecule has 0 radical (unpaired) electrons. The number of nitrogens with zero attached hydrogens (tertiary/aromatic N) is 1. The minimum absolute atomic E-state index is 0.223. The van der Waals surface area contributed by atoms with Gasteiger partial charge in [0.1, 0.15) is 0 Å². The van der Waals surface area contributed by atoms with Crippen molar-refractivity contribution in [2.24, 2.45) is 5.73 Å². The summed E-state index contributed by atoms with van der Waals surface area (Å²) in [7, 11) is 1.83. The first-order chi connectivity index (χ1) is 5.22. The second-order valence-electron chi connectivity index (χ2n) is 2.71. The Labute approximate surface area is 68.6 Å². The Morgan fingerprint density at radius 2 is 2.18 bits per heavy atom. The Hall–Kier alpha value is -0.570. The summed E-state index contributed by atoms with van der Waals surface area (Å²) in [4.78, 5) is 12.9. The van der Waals surface area contributed by atoms with Gasteiger partial charge in [-0.2, -0.15) is 0 Å². The fourth-order valence-electron chi connectivity index (χ4n) is 0.858. The molecule has 0 atom stereocenters. The zero-order chi connectivity index (χ0) is 8.69. The van der Waals surface area contributed by atoms with Crippen LogP contribution in [0.4, 0.5) is 0 Å². The molecule has 0 unspecified atom stereocenters. The van der Waals surface area contributed by atoms with Crippen LogP contribution in [-0.2, 0) is 4.79 Å². The first kappa shape index (κ1) is 10.4. The second kappa shape index (κ2) is 6.16. The summed E-state index contributed by atoms with van der Waals surface area (Å²) in [6.45, 7) is 3.45. The van der Waals surface area contributed by atoms with E-state index in [1.807, 2.05) is 14.0 Å². The van der Waals surface area contributed by atoms with Crippen LogP contribution in [0.25, 0.3) is 0 Å². The SMILES string of the molecule is CCCC(=O)N(C)CCCN. The zero-order valence-corrected chi connectivity index (χ0v) is 7.47. The summed E-state index contributed by atoms with van der Waals surface area (Å²) in [5.41, 5.74) is 5.31. The lowest BCUT2D eigenvalue weighted by Gasteiger charge is -2.15. The first-order valence-corrected chi connectivity index (χ1v) is 4.16. The Morgan fingerprint density at radius 3 is 2.64 bits per heavy atom. The number of carbonyl (C=O) groups excluding carboxylic acids is 1. The molecule has 0 saturated carbocycles. The highest BCUT2D eigenvalue weighted by Gasteiger charge is 2.04. The van der Waals surface area contributed by atoms with Crippen molar-refractivity contribution in [1.29, 1.82) is 0 Å². The third-order valence-electron chi connectivity index (χ3n) is 1.59. The number of hydrogen-bond donors (Lipinski definition) is 1. The van der Waals surface area contributed by atoms with Crippen molar-refractivity contribution in [3.63, 3.8) is 0 Å². The molecule has 66 valence electrons. The molecular weight excluding hydrogens is 140 g/mol. The molecule has 0 spiro atoms. The van der Waals surface area contributed by atoms with E-state index in [0.717, 1.165) is 19.4 Å². The highest BCUT2D eigenvalue weighted by atomic mass is 16.2. The van der Waals surface area contributed by atoms with E-state index in [2.05, 4.69) is 0 Å². The van der Waals surface area contributed by atoms with Gasteiger partial charge in [0.25, 0.3) is 0 Å². The van der Waals surface area contributed by atoms with Crippen LogP contribution in [-0.4, -0.2) is 30.9 Å². The number of rotatable bonds is 5. The number of amides is 1. The molecule has 0 aliphatic carbocycles. The molecule has 0 aromatic heterocycles. The van der Waals surface area contributed by atoms with Crippen molar-refractivity contribution in [1.82, 2.24) is 4.90 Å². The van der Waals surface area contributed by atoms with E-state index < -0.39 is 0 Å². The minimum atomic E-state index is 0.223. The Morgan fingerprint density at radius 1 is 1.55 bits per heavy atom. The molecule has 11 heavy (non-hydrogen) atoms. The molecule has 0 aliphatic rings. The van der Waals surface area contributed by atoms with Crippen LogP contribution < -0.4 is 5.73 Å². The summed E-state index contributed by atoms with van der Waals surface area (Å²) < 4.78 is 0. The van der Waals surface area contributed by atoms with Crippen LogP contribution in [0.2, 0.25) is 0 Å². The second-order valence-corrected chi connectivity index (χ2v) is 2.71. The molecule has 0 aromatic rings. The van der Waals surface area contributed by atoms with E-state index in [0.29, 0.717) is 13.0 Å².